The fourth-order valence-corrected chi connectivity index (χ4v) is 1.79. The number of alkyl halides is 1. The molecule has 0 radical (unpaired) electrons. The van der Waals surface area contributed by atoms with E-state index in [4.69, 9.17) is 20.9 Å². The zero-order chi connectivity index (χ0) is 12.3. The van der Waals surface area contributed by atoms with E-state index in [9.17, 15) is 5.11 Å². The van der Waals surface area contributed by atoms with Crippen molar-refractivity contribution < 1.29 is 19.2 Å². The predicted octanol–water partition coefficient (Wildman–Crippen LogP) is -0.921. The average molecular weight is 261 g/mol. The van der Waals surface area contributed by atoms with Crippen molar-refractivity contribution in [1.82, 2.24) is 5.27 Å². The summed E-state index contributed by atoms with van der Waals surface area (Å²) in [6, 6.07) is 0. The number of aromatic nitrogens is 2. The van der Waals surface area contributed by atoms with Crippen molar-refractivity contribution in [3.8, 4) is 0 Å². The van der Waals surface area contributed by atoms with Gasteiger partial charge in [-0.3, -0.25) is 4.52 Å². The number of hydrogen-bond donors (Lipinski definition) is 0. The average Bonchev–Trinajstić information content (AvgIpc) is 2.72. The summed E-state index contributed by atoms with van der Waals surface area (Å²) >= 11 is 5.83. The Hall–Kier alpha value is -1.34. The normalized spacial score (nSPS) is 17.5. The van der Waals surface area contributed by atoms with Gasteiger partial charge in [-0.15, -0.1) is 16.6 Å². The van der Waals surface area contributed by atoms with Crippen LogP contribution in [0.4, 0.5) is 5.88 Å². The molecule has 1 saturated heterocycles. The van der Waals surface area contributed by atoms with Gasteiger partial charge in [0.05, 0.1) is 31.1 Å². The van der Waals surface area contributed by atoms with Gasteiger partial charge in [0.2, 0.25) is 5.27 Å². The molecule has 7 nitrogen and oxygen atoms in total. The van der Waals surface area contributed by atoms with E-state index in [1.165, 1.54) is 6.92 Å². The quantitative estimate of drug-likeness (QED) is 0.304. The Bertz CT molecular complexity index is 410. The van der Waals surface area contributed by atoms with E-state index in [0.29, 0.717) is 32.0 Å². The first-order chi connectivity index (χ1) is 8.22. The SMILES string of the molecule is C/C([O-])=N/c1on[n+](N2CCOCC2)c1CCl. The van der Waals surface area contributed by atoms with Crippen molar-refractivity contribution in [1.29, 1.82) is 0 Å². The van der Waals surface area contributed by atoms with Crippen LogP contribution in [0.1, 0.15) is 12.6 Å². The maximum atomic E-state index is 10.9. The van der Waals surface area contributed by atoms with Crippen LogP contribution in [0.25, 0.3) is 0 Å². The molecule has 0 spiro atoms. The van der Waals surface area contributed by atoms with Gasteiger partial charge in [0, 0.05) is 0 Å². The van der Waals surface area contributed by atoms with Crippen LogP contribution in [0.2, 0.25) is 0 Å². The molecular weight excluding hydrogens is 248 g/mol. The molecule has 0 aromatic carbocycles. The van der Waals surface area contributed by atoms with Crippen LogP contribution in [0.5, 0.6) is 0 Å². The third kappa shape index (κ3) is 2.67. The van der Waals surface area contributed by atoms with Gasteiger partial charge in [0.1, 0.15) is 5.88 Å². The summed E-state index contributed by atoms with van der Waals surface area (Å²) < 4.78 is 10.3. The van der Waals surface area contributed by atoms with Gasteiger partial charge >= 0.3 is 11.6 Å². The number of rotatable bonds is 3. The highest BCUT2D eigenvalue weighted by molar-refractivity contribution is 6.17. The lowest BCUT2D eigenvalue weighted by atomic mass is 10.4. The third-order valence-corrected chi connectivity index (χ3v) is 2.59. The van der Waals surface area contributed by atoms with E-state index in [0.717, 1.165) is 0 Å². The molecule has 0 N–H and O–H groups in total. The highest BCUT2D eigenvalue weighted by Gasteiger charge is 2.30. The van der Waals surface area contributed by atoms with E-state index in [1.54, 1.807) is 4.79 Å². The second-order valence-corrected chi connectivity index (χ2v) is 3.81. The van der Waals surface area contributed by atoms with E-state index in [1.807, 2.05) is 5.01 Å². The highest BCUT2D eigenvalue weighted by atomic mass is 35.5. The second-order valence-electron chi connectivity index (χ2n) is 3.54. The molecule has 1 aromatic heterocycles. The van der Waals surface area contributed by atoms with E-state index in [2.05, 4.69) is 10.3 Å². The number of hydrogen-bond acceptors (Lipinski definition) is 6. The molecule has 0 amide bonds. The molecule has 2 rings (SSSR count). The van der Waals surface area contributed by atoms with Crippen molar-refractivity contribution in [2.75, 3.05) is 31.3 Å². The van der Waals surface area contributed by atoms with Gasteiger partial charge in [-0.05, 0) is 12.8 Å². The number of halogens is 1. The first-order valence-corrected chi connectivity index (χ1v) is 5.78. The van der Waals surface area contributed by atoms with Gasteiger partial charge < -0.3 is 9.84 Å². The van der Waals surface area contributed by atoms with Gasteiger partial charge in [0.25, 0.3) is 0 Å². The zero-order valence-corrected chi connectivity index (χ0v) is 10.2. The summed E-state index contributed by atoms with van der Waals surface area (Å²) in [6.07, 6.45) is 0. The van der Waals surface area contributed by atoms with Gasteiger partial charge in [-0.25, -0.2) is 4.99 Å². The lowest BCUT2D eigenvalue weighted by molar-refractivity contribution is -0.765. The van der Waals surface area contributed by atoms with Crippen molar-refractivity contribution >= 4 is 23.4 Å². The first-order valence-electron chi connectivity index (χ1n) is 5.24. The molecule has 1 fully saturated rings. The number of aliphatic imine (C=N–C) groups is 1. The molecule has 1 aromatic rings. The fraction of sp³-hybridized carbons (Fsp3) is 0.667. The summed E-state index contributed by atoms with van der Waals surface area (Å²) in [4.78, 5) is 5.27. The maximum Gasteiger partial charge on any atom is 0.328 e. The minimum atomic E-state index is -0.346. The first kappa shape index (κ1) is 12.1. The largest absolute Gasteiger partial charge is 0.862 e. The van der Waals surface area contributed by atoms with E-state index < -0.39 is 0 Å². The molecule has 17 heavy (non-hydrogen) atoms. The van der Waals surface area contributed by atoms with Crippen LogP contribution in [-0.4, -0.2) is 37.5 Å². The molecule has 0 bridgehead atoms. The Labute approximate surface area is 103 Å². The second kappa shape index (κ2) is 5.33. The van der Waals surface area contributed by atoms with Crippen molar-refractivity contribution in [2.24, 2.45) is 4.99 Å². The molecule has 94 valence electrons. The molecule has 0 atom stereocenters. The smallest absolute Gasteiger partial charge is 0.328 e. The molecule has 1 aliphatic heterocycles. The Morgan fingerprint density at radius 1 is 1.59 bits per heavy atom. The summed E-state index contributed by atoms with van der Waals surface area (Å²) in [7, 11) is 0. The molecule has 0 aliphatic carbocycles. The summed E-state index contributed by atoms with van der Waals surface area (Å²) in [6.45, 7) is 3.99. The molecule has 2 heterocycles. The summed E-state index contributed by atoms with van der Waals surface area (Å²) in [5, 5.41) is 16.7. The molecular formula is C9H13ClN4O3. The fourth-order valence-electron chi connectivity index (χ4n) is 1.57. The molecule has 1 aliphatic rings. The number of morpholine rings is 1. The molecule has 8 heteroatoms. The third-order valence-electron chi connectivity index (χ3n) is 2.33. The van der Waals surface area contributed by atoms with Crippen molar-refractivity contribution in [3.63, 3.8) is 0 Å². The predicted molar refractivity (Wildman–Crippen MR) is 57.8 cm³/mol. The minimum absolute atomic E-state index is 0.166. The van der Waals surface area contributed by atoms with Crippen LogP contribution in [-0.2, 0) is 10.6 Å². The lowest BCUT2D eigenvalue weighted by Gasteiger charge is -2.19. The van der Waals surface area contributed by atoms with Crippen molar-refractivity contribution in [2.45, 2.75) is 12.8 Å². The Kier molecular flexibility index (Phi) is 3.80. The van der Waals surface area contributed by atoms with Gasteiger partial charge in [0.15, 0.2) is 0 Å². The summed E-state index contributed by atoms with van der Waals surface area (Å²) in [5.41, 5.74) is 0.573. The Balaban J connectivity index is 2.27. The highest BCUT2D eigenvalue weighted by Crippen LogP contribution is 2.16. The van der Waals surface area contributed by atoms with Crippen molar-refractivity contribution in [3.05, 3.63) is 5.69 Å². The van der Waals surface area contributed by atoms with Gasteiger partial charge in [-0.1, -0.05) is 0 Å². The zero-order valence-electron chi connectivity index (χ0n) is 9.43. The minimum Gasteiger partial charge on any atom is -0.862 e. The van der Waals surface area contributed by atoms with E-state index in [-0.39, 0.29) is 17.7 Å². The van der Waals surface area contributed by atoms with Crippen LogP contribution >= 0.6 is 11.6 Å². The number of ether oxygens (including phenoxy) is 1. The number of nitrogens with zero attached hydrogens (tertiary/aromatic N) is 4. The van der Waals surface area contributed by atoms with E-state index >= 15 is 0 Å². The lowest BCUT2D eigenvalue weighted by Crippen LogP contribution is -2.64. The monoisotopic (exact) mass is 260 g/mol. The topological polar surface area (TPSA) is 77.8 Å². The summed E-state index contributed by atoms with van der Waals surface area (Å²) in [5.74, 6) is -0.00638. The van der Waals surface area contributed by atoms with Crippen LogP contribution < -0.4 is 14.9 Å². The van der Waals surface area contributed by atoms with Crippen LogP contribution in [0.3, 0.4) is 0 Å². The van der Waals surface area contributed by atoms with Crippen LogP contribution in [0, 0.1) is 0 Å². The molecule has 0 unspecified atom stereocenters. The maximum absolute atomic E-state index is 10.9. The molecule has 0 saturated carbocycles. The van der Waals surface area contributed by atoms with Gasteiger partial charge in [-0.2, -0.15) is 0 Å². The van der Waals surface area contributed by atoms with Crippen LogP contribution in [0.15, 0.2) is 9.52 Å². The Morgan fingerprint density at radius 3 is 2.88 bits per heavy atom. The standard InChI is InChI=1S/C9H13ClN4O3/c1-7(15)11-9-8(6-10)14(12-17-9)13-2-4-16-5-3-13/h2-6H2,1H3. The Morgan fingerprint density at radius 2 is 2.29 bits per heavy atom.